The number of benzene rings is 1. The number of allylic oxidation sites excluding steroid dienone is 6. The van der Waals surface area contributed by atoms with Gasteiger partial charge in [0.1, 0.15) is 0 Å². The molecule has 0 bridgehead atoms. The molecule has 0 fully saturated rings. The molecule has 0 saturated heterocycles. The molecule has 3 heteroatoms. The monoisotopic (exact) mass is 368 g/mol. The van der Waals surface area contributed by atoms with Crippen LogP contribution < -0.4 is 24.8 Å². The zero-order valence-electron chi connectivity index (χ0n) is 11.1. The molecule has 0 spiro atoms. The van der Waals surface area contributed by atoms with E-state index in [-0.39, 0.29) is 51.0 Å². The number of rotatable bonds is 0. The maximum absolute atomic E-state index is 3.40. The van der Waals surface area contributed by atoms with Crippen LogP contribution in [-0.2, 0) is 26.2 Å². The summed E-state index contributed by atoms with van der Waals surface area (Å²) in [4.78, 5) is 0. The van der Waals surface area contributed by atoms with Crippen molar-refractivity contribution in [2.45, 2.75) is 26.2 Å². The summed E-state index contributed by atoms with van der Waals surface area (Å²) < 4.78 is 0. The Balaban J connectivity index is 0. The van der Waals surface area contributed by atoms with Crippen LogP contribution in [-0.4, -0.2) is 0 Å². The van der Waals surface area contributed by atoms with Crippen molar-refractivity contribution in [3.8, 4) is 0 Å². The van der Waals surface area contributed by atoms with E-state index in [2.05, 4.69) is 56.3 Å². The van der Waals surface area contributed by atoms with Crippen molar-refractivity contribution in [2.75, 3.05) is 0 Å². The Morgan fingerprint density at radius 2 is 1.84 bits per heavy atom. The van der Waals surface area contributed by atoms with Crippen LogP contribution in [0.15, 0.2) is 42.5 Å². The average molecular weight is 370 g/mol. The molecule has 0 radical (unpaired) electrons. The second kappa shape index (κ2) is 10.7. The van der Waals surface area contributed by atoms with Crippen LogP contribution in [0.5, 0.6) is 0 Å². The SMILES string of the molecule is CC1=[C-]C(C)c2ccccc21.[C-]1=CC=CC1.[Cl-].[Cl-].[Zr+4]. The molecule has 0 nitrogen and oxygen atoms in total. The van der Waals surface area contributed by atoms with Crippen LogP contribution in [0, 0.1) is 12.2 Å². The quantitative estimate of drug-likeness (QED) is 0.479. The molecule has 1 atom stereocenters. The van der Waals surface area contributed by atoms with Gasteiger partial charge in [-0.3, -0.25) is 12.2 Å². The van der Waals surface area contributed by atoms with Gasteiger partial charge in [0.15, 0.2) is 0 Å². The summed E-state index contributed by atoms with van der Waals surface area (Å²) in [5, 5.41) is 0. The first kappa shape index (κ1) is 21.2. The fourth-order valence-corrected chi connectivity index (χ4v) is 2.04. The molecule has 0 aliphatic heterocycles. The summed E-state index contributed by atoms with van der Waals surface area (Å²) in [5.41, 5.74) is 4.10. The molecule has 0 amide bonds. The summed E-state index contributed by atoms with van der Waals surface area (Å²) in [7, 11) is 0. The minimum absolute atomic E-state index is 0. The molecule has 1 aromatic carbocycles. The fourth-order valence-electron chi connectivity index (χ4n) is 2.04. The summed E-state index contributed by atoms with van der Waals surface area (Å²) in [6, 6.07) is 8.53. The molecule has 19 heavy (non-hydrogen) atoms. The van der Waals surface area contributed by atoms with Gasteiger partial charge in [-0.1, -0.05) is 38.0 Å². The first-order chi connectivity index (χ1) is 7.79. The molecule has 1 aromatic rings. The molecular formula is C16H16Cl2Zr. The van der Waals surface area contributed by atoms with Gasteiger partial charge in [0.25, 0.3) is 0 Å². The topological polar surface area (TPSA) is 0 Å². The van der Waals surface area contributed by atoms with E-state index >= 15 is 0 Å². The van der Waals surface area contributed by atoms with Crippen molar-refractivity contribution in [1.29, 1.82) is 0 Å². The van der Waals surface area contributed by atoms with Crippen molar-refractivity contribution < 1.29 is 51.0 Å². The van der Waals surface area contributed by atoms with Gasteiger partial charge < -0.3 is 24.8 Å². The molecule has 0 N–H and O–H groups in total. The van der Waals surface area contributed by atoms with Crippen LogP contribution in [0.3, 0.4) is 0 Å². The molecule has 2 aliphatic rings. The molecule has 98 valence electrons. The predicted octanol–water partition coefficient (Wildman–Crippen LogP) is -1.68. The van der Waals surface area contributed by atoms with Gasteiger partial charge in [-0.25, -0.2) is 17.7 Å². The summed E-state index contributed by atoms with van der Waals surface area (Å²) >= 11 is 0. The van der Waals surface area contributed by atoms with Crippen LogP contribution in [0.4, 0.5) is 0 Å². The number of halogens is 2. The van der Waals surface area contributed by atoms with Gasteiger partial charge in [0.2, 0.25) is 0 Å². The van der Waals surface area contributed by atoms with E-state index in [9.17, 15) is 0 Å². The van der Waals surface area contributed by atoms with Crippen LogP contribution in [0.1, 0.15) is 37.3 Å². The molecule has 3 rings (SSSR count). The molecule has 2 aliphatic carbocycles. The third-order valence-corrected chi connectivity index (χ3v) is 2.85. The van der Waals surface area contributed by atoms with E-state index < -0.39 is 0 Å². The van der Waals surface area contributed by atoms with Crippen LogP contribution in [0.25, 0.3) is 5.57 Å². The normalized spacial score (nSPS) is 16.9. The van der Waals surface area contributed by atoms with Gasteiger partial charge in [-0.2, -0.15) is 11.6 Å². The van der Waals surface area contributed by atoms with Gasteiger partial charge >= 0.3 is 26.2 Å². The van der Waals surface area contributed by atoms with E-state index in [4.69, 9.17) is 0 Å². The molecule has 0 saturated carbocycles. The zero-order chi connectivity index (χ0) is 11.4. The largest absolute Gasteiger partial charge is 4.00 e. The fraction of sp³-hybridized carbons (Fsp3) is 0.250. The maximum Gasteiger partial charge on any atom is 4.00 e. The molecular weight excluding hydrogens is 354 g/mol. The second-order valence-corrected chi connectivity index (χ2v) is 4.08. The third-order valence-electron chi connectivity index (χ3n) is 2.85. The van der Waals surface area contributed by atoms with Gasteiger partial charge in [0.05, 0.1) is 0 Å². The Hall–Kier alpha value is -0.0969. The average Bonchev–Trinajstić information content (AvgIpc) is 2.94. The minimum Gasteiger partial charge on any atom is -1.00 e. The zero-order valence-corrected chi connectivity index (χ0v) is 15.1. The number of fused-ring (bicyclic) bond motifs is 1. The Kier molecular flexibility index (Phi) is 11.9. The Labute approximate surface area is 148 Å². The maximum atomic E-state index is 3.40. The molecule has 0 aromatic heterocycles. The van der Waals surface area contributed by atoms with Crippen LogP contribution in [0.2, 0.25) is 0 Å². The van der Waals surface area contributed by atoms with E-state index in [1.165, 1.54) is 16.7 Å². The first-order valence-corrected chi connectivity index (χ1v) is 5.70. The Morgan fingerprint density at radius 3 is 2.32 bits per heavy atom. The standard InChI is InChI=1S/C11H11.C5H5.2ClH.Zr/c1-8-7-9(2)11-6-4-3-5-10(8)11;1-2-4-5-3-1;;;/h3-6,8H,1-2H3;1-3H,4H2;2*1H;/q2*-1;;;+4/p-2. The minimum atomic E-state index is 0. The smallest absolute Gasteiger partial charge is 1.00 e. The van der Waals surface area contributed by atoms with Gasteiger partial charge in [0, 0.05) is 0 Å². The van der Waals surface area contributed by atoms with Crippen LogP contribution >= 0.6 is 0 Å². The summed E-state index contributed by atoms with van der Waals surface area (Å²) in [6.07, 6.45) is 13.4. The summed E-state index contributed by atoms with van der Waals surface area (Å²) in [5.74, 6) is 0.492. The number of hydrogen-bond donors (Lipinski definition) is 0. The first-order valence-electron chi connectivity index (χ1n) is 5.70. The van der Waals surface area contributed by atoms with E-state index in [1.54, 1.807) is 0 Å². The van der Waals surface area contributed by atoms with Crippen molar-refractivity contribution in [2.24, 2.45) is 0 Å². The molecule has 1 unspecified atom stereocenters. The summed E-state index contributed by atoms with van der Waals surface area (Å²) in [6.45, 7) is 4.32. The Morgan fingerprint density at radius 1 is 1.16 bits per heavy atom. The number of hydrogen-bond acceptors (Lipinski definition) is 0. The Bertz CT molecular complexity index is 452. The van der Waals surface area contributed by atoms with Crippen molar-refractivity contribution in [1.82, 2.24) is 0 Å². The predicted molar refractivity (Wildman–Crippen MR) is 68.8 cm³/mol. The third kappa shape index (κ3) is 5.82. The van der Waals surface area contributed by atoms with Crippen molar-refractivity contribution in [3.63, 3.8) is 0 Å². The van der Waals surface area contributed by atoms with Crippen molar-refractivity contribution in [3.05, 3.63) is 65.8 Å². The van der Waals surface area contributed by atoms with Gasteiger partial charge in [-0.05, 0) is 0 Å². The van der Waals surface area contributed by atoms with E-state index in [0.717, 1.165) is 6.42 Å². The van der Waals surface area contributed by atoms with Crippen molar-refractivity contribution >= 4 is 5.57 Å². The van der Waals surface area contributed by atoms with E-state index in [0.29, 0.717) is 5.92 Å². The second-order valence-electron chi connectivity index (χ2n) is 4.08. The van der Waals surface area contributed by atoms with E-state index in [1.807, 2.05) is 12.2 Å². The molecule has 0 heterocycles. The van der Waals surface area contributed by atoms with Gasteiger partial charge in [-0.15, -0.1) is 18.1 Å².